The SMILES string of the molecule is C=CC[C@@H](CC(C)(C)S(N)=O)c1cccc(-c2ccc3cnn(-c4cccc(CO[Si](C)(C)C(C)(C)C)n4)c3c2)n1. The number of aromatic nitrogens is 4. The molecule has 0 fully saturated rings. The summed E-state index contributed by atoms with van der Waals surface area (Å²) in [6.07, 6.45) is 5.12. The van der Waals surface area contributed by atoms with Crippen LogP contribution >= 0.6 is 0 Å². The molecule has 3 heterocycles. The van der Waals surface area contributed by atoms with E-state index in [0.717, 1.165) is 45.8 Å². The Morgan fingerprint density at radius 3 is 2.49 bits per heavy atom. The van der Waals surface area contributed by atoms with Crippen molar-refractivity contribution < 1.29 is 8.63 Å². The van der Waals surface area contributed by atoms with Gasteiger partial charge in [-0.3, -0.25) is 10.1 Å². The van der Waals surface area contributed by atoms with Crippen LogP contribution < -0.4 is 5.14 Å². The fraction of sp³-hybridized carbons (Fsp3) is 0.406. The fourth-order valence-electron chi connectivity index (χ4n) is 4.52. The second-order valence-electron chi connectivity index (χ2n) is 12.8. The van der Waals surface area contributed by atoms with Gasteiger partial charge in [0.2, 0.25) is 0 Å². The largest absolute Gasteiger partial charge is 0.411 e. The van der Waals surface area contributed by atoms with E-state index in [0.29, 0.717) is 13.0 Å². The minimum Gasteiger partial charge on any atom is -0.411 e. The standard InChI is InChI=1S/C32H43N5O2SSi/c1-9-12-24(20-32(5,6)40(33)38)28-15-11-14-27(36-28)23-17-18-25-21-34-37(29(25)19-23)30-16-10-13-26(35-30)22-39-41(7,8)31(2,3)4/h9-11,13-19,21,24H,1,12,20,22,33H2,2-8H3/t24-,40?/m0/s1. The summed E-state index contributed by atoms with van der Waals surface area (Å²) in [7, 11) is -3.34. The minimum atomic E-state index is -1.89. The van der Waals surface area contributed by atoms with E-state index in [1.165, 1.54) is 0 Å². The van der Waals surface area contributed by atoms with Crippen molar-refractivity contribution in [3.63, 3.8) is 0 Å². The second kappa shape index (κ2) is 12.1. The molecule has 4 aromatic rings. The van der Waals surface area contributed by atoms with E-state index in [9.17, 15) is 4.21 Å². The maximum absolute atomic E-state index is 12.1. The molecule has 0 saturated heterocycles. The average Bonchev–Trinajstić information content (AvgIpc) is 3.34. The van der Waals surface area contributed by atoms with Crippen LogP contribution in [0, 0.1) is 0 Å². The zero-order valence-corrected chi connectivity index (χ0v) is 27.2. The number of fused-ring (bicyclic) bond motifs is 1. The summed E-state index contributed by atoms with van der Waals surface area (Å²) >= 11 is 0. The molecule has 3 aromatic heterocycles. The Balaban J connectivity index is 1.65. The van der Waals surface area contributed by atoms with Crippen LogP contribution in [0.5, 0.6) is 0 Å². The van der Waals surface area contributed by atoms with Crippen molar-refractivity contribution in [2.45, 2.75) is 82.9 Å². The molecule has 2 N–H and O–H groups in total. The molecular formula is C32H43N5O2SSi. The Morgan fingerprint density at radius 1 is 1.07 bits per heavy atom. The molecule has 4 rings (SSSR count). The van der Waals surface area contributed by atoms with Gasteiger partial charge >= 0.3 is 0 Å². The summed E-state index contributed by atoms with van der Waals surface area (Å²) in [4.78, 5) is 9.93. The molecule has 2 atom stereocenters. The van der Waals surface area contributed by atoms with Crippen LogP contribution in [0.25, 0.3) is 28.0 Å². The van der Waals surface area contributed by atoms with Gasteiger partial charge < -0.3 is 4.43 Å². The maximum atomic E-state index is 12.1. The number of benzene rings is 1. The van der Waals surface area contributed by atoms with Gasteiger partial charge in [-0.1, -0.05) is 51.1 Å². The van der Waals surface area contributed by atoms with E-state index in [1.54, 1.807) is 0 Å². The van der Waals surface area contributed by atoms with E-state index in [-0.39, 0.29) is 11.0 Å². The molecule has 9 heteroatoms. The summed E-state index contributed by atoms with van der Waals surface area (Å²) in [5, 5.41) is 11.6. The first-order chi connectivity index (χ1) is 19.2. The third-order valence-electron chi connectivity index (χ3n) is 8.19. The first-order valence-corrected chi connectivity index (χ1v) is 18.2. The van der Waals surface area contributed by atoms with Crippen molar-refractivity contribution in [1.82, 2.24) is 19.7 Å². The lowest BCUT2D eigenvalue weighted by Gasteiger charge is -2.36. The highest BCUT2D eigenvalue weighted by atomic mass is 32.2. The van der Waals surface area contributed by atoms with E-state index in [4.69, 9.17) is 19.5 Å². The van der Waals surface area contributed by atoms with Crippen LogP contribution in [0.3, 0.4) is 0 Å². The van der Waals surface area contributed by atoms with Crippen LogP contribution in [0.2, 0.25) is 18.1 Å². The average molecular weight is 590 g/mol. The van der Waals surface area contributed by atoms with Gasteiger partial charge in [-0.25, -0.2) is 13.9 Å². The highest BCUT2D eigenvalue weighted by Gasteiger charge is 2.37. The summed E-state index contributed by atoms with van der Waals surface area (Å²) in [5.41, 5.74) is 4.62. The van der Waals surface area contributed by atoms with Gasteiger partial charge in [-0.05, 0) is 75.2 Å². The molecule has 0 bridgehead atoms. The summed E-state index contributed by atoms with van der Waals surface area (Å²) in [6.45, 7) is 19.5. The van der Waals surface area contributed by atoms with Gasteiger partial charge in [0.25, 0.3) is 0 Å². The lowest BCUT2D eigenvalue weighted by molar-refractivity contribution is 0.272. The van der Waals surface area contributed by atoms with E-state index in [1.807, 2.05) is 67.2 Å². The smallest absolute Gasteiger partial charge is 0.192 e. The Labute approximate surface area is 248 Å². The Bertz CT molecular complexity index is 1560. The third kappa shape index (κ3) is 7.09. The molecule has 0 radical (unpaired) electrons. The summed E-state index contributed by atoms with van der Waals surface area (Å²) < 4.78 is 19.9. The predicted molar refractivity (Wildman–Crippen MR) is 173 cm³/mol. The van der Waals surface area contributed by atoms with Crippen molar-refractivity contribution >= 4 is 30.2 Å². The predicted octanol–water partition coefficient (Wildman–Crippen LogP) is 7.46. The monoisotopic (exact) mass is 589 g/mol. The number of rotatable bonds is 11. The number of hydrogen-bond acceptors (Lipinski definition) is 5. The molecule has 0 amide bonds. The van der Waals surface area contributed by atoms with Gasteiger partial charge in [0.05, 0.1) is 45.4 Å². The molecule has 0 aliphatic rings. The number of nitrogens with zero attached hydrogens (tertiary/aromatic N) is 4. The van der Waals surface area contributed by atoms with Crippen molar-refractivity contribution in [2.24, 2.45) is 5.14 Å². The van der Waals surface area contributed by atoms with Crippen molar-refractivity contribution in [2.75, 3.05) is 0 Å². The number of pyridine rings is 2. The summed E-state index contributed by atoms with van der Waals surface area (Å²) in [6, 6.07) is 18.3. The normalized spacial score (nSPS) is 14.2. The zero-order valence-electron chi connectivity index (χ0n) is 25.3. The molecule has 1 unspecified atom stereocenters. The van der Waals surface area contributed by atoms with E-state index < -0.39 is 24.1 Å². The van der Waals surface area contributed by atoms with Gasteiger partial charge in [0, 0.05) is 22.6 Å². The van der Waals surface area contributed by atoms with Gasteiger partial charge in [0.15, 0.2) is 14.1 Å². The molecule has 7 nitrogen and oxygen atoms in total. The van der Waals surface area contributed by atoms with Crippen LogP contribution in [-0.2, 0) is 22.0 Å². The number of allylic oxidation sites excluding steroid dienone is 1. The quantitative estimate of drug-likeness (QED) is 0.145. The number of nitrogens with two attached hydrogens (primary N) is 1. The molecular weight excluding hydrogens is 547 g/mol. The summed E-state index contributed by atoms with van der Waals surface area (Å²) in [5.74, 6) is 0.808. The van der Waals surface area contributed by atoms with Gasteiger partial charge in [-0.2, -0.15) is 5.10 Å². The molecule has 0 aliphatic carbocycles. The molecule has 0 saturated carbocycles. The molecule has 0 spiro atoms. The number of hydrogen-bond donors (Lipinski definition) is 1. The lowest BCUT2D eigenvalue weighted by atomic mass is 9.90. The third-order valence-corrected chi connectivity index (χ3v) is 13.9. The topological polar surface area (TPSA) is 95.9 Å². The van der Waals surface area contributed by atoms with Gasteiger partial charge in [-0.15, -0.1) is 6.58 Å². The lowest BCUT2D eigenvalue weighted by Crippen LogP contribution is -2.40. The van der Waals surface area contributed by atoms with Crippen LogP contribution in [-0.4, -0.2) is 37.0 Å². The van der Waals surface area contributed by atoms with Crippen LogP contribution in [0.15, 0.2) is 73.4 Å². The van der Waals surface area contributed by atoms with Crippen molar-refractivity contribution in [3.05, 3.63) is 84.8 Å². The first-order valence-electron chi connectivity index (χ1n) is 14.0. The Hall–Kier alpha value is -2.98. The van der Waals surface area contributed by atoms with E-state index in [2.05, 4.69) is 63.7 Å². The highest BCUT2D eigenvalue weighted by molar-refractivity contribution is 7.84. The highest BCUT2D eigenvalue weighted by Crippen LogP contribution is 2.37. The van der Waals surface area contributed by atoms with Crippen LogP contribution in [0.4, 0.5) is 0 Å². The maximum Gasteiger partial charge on any atom is 0.192 e. The zero-order chi connectivity index (χ0) is 30.0. The van der Waals surface area contributed by atoms with Gasteiger partial charge in [0.1, 0.15) is 0 Å². The van der Waals surface area contributed by atoms with E-state index >= 15 is 0 Å². The molecule has 0 aliphatic heterocycles. The first kappa shape index (κ1) is 31.0. The molecule has 41 heavy (non-hydrogen) atoms. The molecule has 218 valence electrons. The molecule has 1 aromatic carbocycles. The minimum absolute atomic E-state index is 0.0599. The second-order valence-corrected chi connectivity index (χ2v) is 19.3. The van der Waals surface area contributed by atoms with Crippen molar-refractivity contribution in [1.29, 1.82) is 0 Å². The van der Waals surface area contributed by atoms with Crippen LogP contribution in [0.1, 0.15) is 64.8 Å². The Kier molecular flexibility index (Phi) is 9.13. The van der Waals surface area contributed by atoms with Crippen molar-refractivity contribution in [3.8, 4) is 17.1 Å². The Morgan fingerprint density at radius 2 is 1.80 bits per heavy atom. The fourth-order valence-corrected chi connectivity index (χ4v) is 5.83.